The predicted octanol–water partition coefficient (Wildman–Crippen LogP) is 3.46. The zero-order valence-electron chi connectivity index (χ0n) is 12.6. The number of carbonyl (C=O) groups excluding carboxylic acids is 1. The number of thioether (sulfide) groups is 1. The number of rotatable bonds is 5. The summed E-state index contributed by atoms with van der Waals surface area (Å²) in [6.45, 7) is 15.5. The third-order valence-electron chi connectivity index (χ3n) is 2.46. The summed E-state index contributed by atoms with van der Waals surface area (Å²) < 4.78 is 17.0. The second-order valence-electron chi connectivity index (χ2n) is 6.02. The monoisotopic (exact) mass is 288 g/mol. The van der Waals surface area contributed by atoms with E-state index in [9.17, 15) is 4.79 Å². The molecular formula is C14H24O4S. The van der Waals surface area contributed by atoms with E-state index in [-0.39, 0.29) is 24.1 Å². The molecular weight excluding hydrogens is 264 g/mol. The molecule has 110 valence electrons. The van der Waals surface area contributed by atoms with E-state index in [1.165, 1.54) is 11.8 Å². The van der Waals surface area contributed by atoms with Crippen molar-refractivity contribution >= 4 is 17.7 Å². The summed E-state index contributed by atoms with van der Waals surface area (Å²) in [4.78, 5) is 10.6. The minimum Gasteiger partial charge on any atom is -0.444 e. The Morgan fingerprint density at radius 3 is 2.37 bits per heavy atom. The van der Waals surface area contributed by atoms with Crippen LogP contribution in [0.5, 0.6) is 0 Å². The summed E-state index contributed by atoms with van der Waals surface area (Å²) in [6.07, 6.45) is 0.279. The predicted molar refractivity (Wildman–Crippen MR) is 76.7 cm³/mol. The van der Waals surface area contributed by atoms with Crippen molar-refractivity contribution in [3.05, 3.63) is 12.2 Å². The molecule has 2 atom stereocenters. The molecule has 1 heterocycles. The van der Waals surface area contributed by atoms with Crippen molar-refractivity contribution in [1.82, 2.24) is 0 Å². The van der Waals surface area contributed by atoms with Gasteiger partial charge in [-0.2, -0.15) is 0 Å². The Balaban J connectivity index is 2.76. The van der Waals surface area contributed by atoms with E-state index < -0.39 is 10.6 Å². The van der Waals surface area contributed by atoms with Crippen molar-refractivity contribution in [3.63, 3.8) is 0 Å². The maximum atomic E-state index is 11.4. The quantitative estimate of drug-likeness (QED) is 0.440. The lowest BCUT2D eigenvalue weighted by molar-refractivity contribution is -0.162. The van der Waals surface area contributed by atoms with Gasteiger partial charge in [0.25, 0.3) is 0 Å². The van der Waals surface area contributed by atoms with Gasteiger partial charge in [0, 0.05) is 0 Å². The number of carbonyl (C=O) groups is 1. The molecule has 1 aliphatic rings. The minimum absolute atomic E-state index is 0.0221. The summed E-state index contributed by atoms with van der Waals surface area (Å²) in [5, 5.41) is 0. The molecule has 4 nitrogen and oxygen atoms in total. The van der Waals surface area contributed by atoms with E-state index in [1.807, 2.05) is 41.5 Å². The van der Waals surface area contributed by atoms with Crippen LogP contribution in [0.3, 0.4) is 0 Å². The Morgan fingerprint density at radius 2 is 2.00 bits per heavy atom. The van der Waals surface area contributed by atoms with E-state index in [1.54, 1.807) is 0 Å². The molecule has 1 saturated heterocycles. The van der Waals surface area contributed by atoms with Gasteiger partial charge in [-0.1, -0.05) is 6.58 Å². The second kappa shape index (κ2) is 5.85. The smallest absolute Gasteiger partial charge is 0.311 e. The molecule has 0 aromatic carbocycles. The van der Waals surface area contributed by atoms with Gasteiger partial charge in [-0.15, -0.1) is 0 Å². The molecule has 2 unspecified atom stereocenters. The second-order valence-corrected chi connectivity index (χ2v) is 7.42. The fraction of sp³-hybridized carbons (Fsp3) is 0.786. The highest BCUT2D eigenvalue weighted by atomic mass is 32.2. The molecule has 0 aromatic rings. The van der Waals surface area contributed by atoms with Crippen molar-refractivity contribution in [2.24, 2.45) is 0 Å². The molecule has 0 aliphatic carbocycles. The van der Waals surface area contributed by atoms with E-state index >= 15 is 0 Å². The molecule has 0 aromatic heterocycles. The average Bonchev–Trinajstić information content (AvgIpc) is 2.34. The van der Waals surface area contributed by atoms with Crippen molar-refractivity contribution in [3.8, 4) is 0 Å². The van der Waals surface area contributed by atoms with Crippen LogP contribution in [0.1, 0.15) is 48.0 Å². The van der Waals surface area contributed by atoms with E-state index in [0.717, 1.165) is 5.57 Å². The molecule has 5 heteroatoms. The van der Waals surface area contributed by atoms with Crippen LogP contribution >= 0.6 is 11.8 Å². The van der Waals surface area contributed by atoms with Crippen molar-refractivity contribution in [1.29, 1.82) is 0 Å². The van der Waals surface area contributed by atoms with Crippen LogP contribution in [0.2, 0.25) is 0 Å². The third kappa shape index (κ3) is 5.16. The maximum Gasteiger partial charge on any atom is 0.311 e. The molecule has 1 rings (SSSR count). The Hall–Kier alpha value is -0.520. The van der Waals surface area contributed by atoms with E-state index in [0.29, 0.717) is 0 Å². The molecule has 1 aliphatic heterocycles. The number of hydrogen-bond acceptors (Lipinski definition) is 5. The number of hydrogen-bond donors (Lipinski definition) is 0. The molecule has 0 radical (unpaired) electrons. The molecule has 19 heavy (non-hydrogen) atoms. The SMILES string of the molecule is C=C1CC(=O)OC1(C)SC(OC(C)C)OC(C)(C)C. The Morgan fingerprint density at radius 1 is 1.42 bits per heavy atom. The zero-order chi connectivity index (χ0) is 14.8. The van der Waals surface area contributed by atoms with Gasteiger partial charge >= 0.3 is 5.97 Å². The van der Waals surface area contributed by atoms with Crippen LogP contribution < -0.4 is 0 Å². The van der Waals surface area contributed by atoms with Gasteiger partial charge in [0.05, 0.1) is 18.1 Å². The van der Waals surface area contributed by atoms with Gasteiger partial charge in [0.15, 0.2) is 4.93 Å². The Labute approximate surface area is 119 Å². The highest BCUT2D eigenvalue weighted by Gasteiger charge is 2.43. The van der Waals surface area contributed by atoms with Crippen LogP contribution in [0, 0.1) is 0 Å². The topological polar surface area (TPSA) is 44.8 Å². The van der Waals surface area contributed by atoms with E-state index in [4.69, 9.17) is 14.2 Å². The number of cyclic esters (lactones) is 1. The number of esters is 1. The average molecular weight is 288 g/mol. The lowest BCUT2D eigenvalue weighted by atomic mass is 10.2. The van der Waals surface area contributed by atoms with Crippen molar-refractivity contribution in [2.45, 2.75) is 70.2 Å². The molecule has 0 spiro atoms. The summed E-state index contributed by atoms with van der Waals surface area (Å²) in [5.41, 5.74) is -0.0997. The summed E-state index contributed by atoms with van der Waals surface area (Å²) >= 11 is 1.33. The fourth-order valence-electron chi connectivity index (χ4n) is 1.54. The number of ether oxygens (including phenoxy) is 3. The summed E-state index contributed by atoms with van der Waals surface area (Å²) in [6, 6.07) is 0. The Bertz CT molecular complexity index is 359. The molecule has 1 fully saturated rings. The molecule has 0 N–H and O–H groups in total. The van der Waals surface area contributed by atoms with Gasteiger partial charge in [-0.3, -0.25) is 4.79 Å². The van der Waals surface area contributed by atoms with Gasteiger partial charge in [-0.05, 0) is 58.9 Å². The van der Waals surface area contributed by atoms with Gasteiger partial charge in [0.2, 0.25) is 5.62 Å². The van der Waals surface area contributed by atoms with Crippen LogP contribution in [-0.2, 0) is 19.0 Å². The summed E-state index contributed by atoms with van der Waals surface area (Å²) in [7, 11) is 0. The molecule has 0 amide bonds. The van der Waals surface area contributed by atoms with E-state index in [2.05, 4.69) is 6.58 Å². The third-order valence-corrected chi connectivity index (χ3v) is 3.68. The van der Waals surface area contributed by atoms with Crippen LogP contribution in [0.4, 0.5) is 0 Å². The largest absolute Gasteiger partial charge is 0.444 e. The fourth-order valence-corrected chi connectivity index (χ4v) is 2.90. The lowest BCUT2D eigenvalue weighted by Crippen LogP contribution is -2.34. The first-order valence-electron chi connectivity index (χ1n) is 6.43. The van der Waals surface area contributed by atoms with Crippen LogP contribution in [-0.4, -0.2) is 28.2 Å². The van der Waals surface area contributed by atoms with Gasteiger partial charge in [0.1, 0.15) is 0 Å². The lowest BCUT2D eigenvalue weighted by Gasteiger charge is -2.33. The van der Waals surface area contributed by atoms with Crippen LogP contribution in [0.15, 0.2) is 12.2 Å². The normalized spacial score (nSPS) is 25.8. The van der Waals surface area contributed by atoms with Crippen LogP contribution in [0.25, 0.3) is 0 Å². The molecule has 0 saturated carbocycles. The maximum absolute atomic E-state index is 11.4. The minimum atomic E-state index is -0.776. The van der Waals surface area contributed by atoms with Crippen molar-refractivity contribution in [2.75, 3.05) is 0 Å². The highest BCUT2D eigenvalue weighted by Crippen LogP contribution is 2.44. The first kappa shape index (κ1) is 16.5. The van der Waals surface area contributed by atoms with Gasteiger partial charge < -0.3 is 14.2 Å². The van der Waals surface area contributed by atoms with Crippen molar-refractivity contribution < 1.29 is 19.0 Å². The zero-order valence-corrected chi connectivity index (χ0v) is 13.4. The summed E-state index contributed by atoms with van der Waals surface area (Å²) in [5.74, 6) is -0.251. The standard InChI is InChI=1S/C14H24O4S/c1-9(2)16-12(18-13(4,5)6)19-14(7)10(3)8-11(15)17-14/h9,12H,3,8H2,1-2,4-7H3. The Kier molecular flexibility index (Phi) is 5.09. The highest BCUT2D eigenvalue weighted by molar-refractivity contribution is 8.01. The van der Waals surface area contributed by atoms with Gasteiger partial charge in [-0.25, -0.2) is 0 Å². The molecule has 0 bridgehead atoms. The first-order valence-corrected chi connectivity index (χ1v) is 7.31. The first-order chi connectivity index (χ1) is 8.52.